The predicted molar refractivity (Wildman–Crippen MR) is 80.1 cm³/mol. The number of nitrogens with zero attached hydrogens (tertiary/aromatic N) is 2. The van der Waals surface area contributed by atoms with Crippen LogP contribution in [-0.2, 0) is 4.79 Å². The van der Waals surface area contributed by atoms with E-state index in [1.165, 1.54) is 11.3 Å². The van der Waals surface area contributed by atoms with Crippen LogP contribution in [0, 0.1) is 6.92 Å². The zero-order valence-corrected chi connectivity index (χ0v) is 12.8. The van der Waals surface area contributed by atoms with Crippen LogP contribution in [0.1, 0.15) is 22.2 Å². The Morgan fingerprint density at radius 2 is 2.00 bits per heavy atom. The molecule has 2 heterocycles. The van der Waals surface area contributed by atoms with E-state index in [0.717, 1.165) is 23.5 Å². The number of rotatable bonds is 4. The average molecular weight is 295 g/mol. The van der Waals surface area contributed by atoms with Crippen LogP contribution >= 0.6 is 11.3 Å². The SMILES string of the molecule is CCNC(=O)CN1CCN(C(=O)c2sccc2C)CC1. The molecule has 1 saturated heterocycles. The van der Waals surface area contributed by atoms with Gasteiger partial charge in [-0.15, -0.1) is 11.3 Å². The molecule has 20 heavy (non-hydrogen) atoms. The van der Waals surface area contributed by atoms with Crippen molar-refractivity contribution in [2.45, 2.75) is 13.8 Å². The zero-order chi connectivity index (χ0) is 14.5. The summed E-state index contributed by atoms with van der Waals surface area (Å²) in [5.41, 5.74) is 1.05. The molecule has 0 atom stereocenters. The number of carbonyl (C=O) groups is 2. The summed E-state index contributed by atoms with van der Waals surface area (Å²) in [5, 5.41) is 4.75. The zero-order valence-electron chi connectivity index (χ0n) is 12.0. The maximum atomic E-state index is 12.4. The van der Waals surface area contributed by atoms with Crippen molar-refractivity contribution in [1.29, 1.82) is 0 Å². The average Bonchev–Trinajstić information content (AvgIpc) is 2.85. The molecule has 1 aromatic rings. The van der Waals surface area contributed by atoms with Crippen LogP contribution in [0.4, 0.5) is 0 Å². The van der Waals surface area contributed by atoms with Gasteiger partial charge in [0.15, 0.2) is 0 Å². The van der Waals surface area contributed by atoms with Crippen LogP contribution in [0.25, 0.3) is 0 Å². The van der Waals surface area contributed by atoms with Crippen LogP contribution < -0.4 is 5.32 Å². The molecule has 2 rings (SSSR count). The minimum atomic E-state index is 0.0568. The molecule has 5 nitrogen and oxygen atoms in total. The minimum absolute atomic E-state index is 0.0568. The fourth-order valence-corrected chi connectivity index (χ4v) is 3.19. The second-order valence-electron chi connectivity index (χ2n) is 4.95. The summed E-state index contributed by atoms with van der Waals surface area (Å²) in [6.07, 6.45) is 0. The topological polar surface area (TPSA) is 52.7 Å². The van der Waals surface area contributed by atoms with Crippen molar-refractivity contribution >= 4 is 23.2 Å². The summed E-state index contributed by atoms with van der Waals surface area (Å²) in [7, 11) is 0. The quantitative estimate of drug-likeness (QED) is 0.900. The number of hydrogen-bond acceptors (Lipinski definition) is 4. The van der Waals surface area contributed by atoms with Gasteiger partial charge in [0, 0.05) is 32.7 Å². The summed E-state index contributed by atoms with van der Waals surface area (Å²) in [4.78, 5) is 28.7. The monoisotopic (exact) mass is 295 g/mol. The van der Waals surface area contributed by atoms with Crippen LogP contribution in [0.15, 0.2) is 11.4 Å². The third kappa shape index (κ3) is 3.58. The van der Waals surface area contributed by atoms with Crippen molar-refractivity contribution < 1.29 is 9.59 Å². The molecule has 0 saturated carbocycles. The van der Waals surface area contributed by atoms with E-state index in [4.69, 9.17) is 0 Å². The molecule has 1 aliphatic rings. The smallest absolute Gasteiger partial charge is 0.264 e. The third-order valence-corrected chi connectivity index (χ3v) is 4.46. The van der Waals surface area contributed by atoms with Gasteiger partial charge in [0.2, 0.25) is 5.91 Å². The van der Waals surface area contributed by atoms with Gasteiger partial charge in [-0.3, -0.25) is 14.5 Å². The van der Waals surface area contributed by atoms with Gasteiger partial charge in [-0.2, -0.15) is 0 Å². The van der Waals surface area contributed by atoms with E-state index in [0.29, 0.717) is 26.2 Å². The normalized spacial score (nSPS) is 16.2. The lowest BCUT2D eigenvalue weighted by Gasteiger charge is -2.34. The number of hydrogen-bond donors (Lipinski definition) is 1. The van der Waals surface area contributed by atoms with E-state index >= 15 is 0 Å². The Hall–Kier alpha value is -1.40. The molecule has 1 N–H and O–H groups in total. The lowest BCUT2D eigenvalue weighted by molar-refractivity contribution is -0.122. The van der Waals surface area contributed by atoms with Gasteiger partial charge >= 0.3 is 0 Å². The van der Waals surface area contributed by atoms with Gasteiger partial charge in [-0.05, 0) is 30.9 Å². The van der Waals surface area contributed by atoms with Gasteiger partial charge in [0.1, 0.15) is 0 Å². The molecule has 0 aliphatic carbocycles. The maximum absolute atomic E-state index is 12.4. The van der Waals surface area contributed by atoms with Crippen LogP contribution in [0.2, 0.25) is 0 Å². The minimum Gasteiger partial charge on any atom is -0.355 e. The molecule has 6 heteroatoms. The summed E-state index contributed by atoms with van der Waals surface area (Å²) in [5.74, 6) is 0.177. The van der Waals surface area contributed by atoms with E-state index in [-0.39, 0.29) is 11.8 Å². The first-order valence-electron chi connectivity index (χ1n) is 6.94. The first-order valence-corrected chi connectivity index (χ1v) is 7.82. The molecule has 110 valence electrons. The van der Waals surface area contributed by atoms with Crippen LogP contribution in [-0.4, -0.2) is 60.9 Å². The van der Waals surface area contributed by atoms with Crippen molar-refractivity contribution in [2.24, 2.45) is 0 Å². The number of carbonyl (C=O) groups excluding carboxylic acids is 2. The first kappa shape index (κ1) is 15.0. The van der Waals surface area contributed by atoms with E-state index in [1.54, 1.807) is 0 Å². The maximum Gasteiger partial charge on any atom is 0.264 e. The number of thiophene rings is 1. The first-order chi connectivity index (χ1) is 9.61. The molecule has 1 fully saturated rings. The standard InChI is InChI=1S/C14H21N3O2S/c1-3-15-12(18)10-16-5-7-17(8-6-16)14(19)13-11(2)4-9-20-13/h4,9H,3,5-8,10H2,1-2H3,(H,15,18). The Labute approximate surface area is 123 Å². The second-order valence-corrected chi connectivity index (χ2v) is 5.87. The molecule has 0 spiro atoms. The van der Waals surface area contributed by atoms with Gasteiger partial charge in [-0.1, -0.05) is 0 Å². The highest BCUT2D eigenvalue weighted by Gasteiger charge is 2.24. The molecule has 1 aliphatic heterocycles. The van der Waals surface area contributed by atoms with Gasteiger partial charge < -0.3 is 10.2 Å². The second kappa shape index (κ2) is 6.85. The molecular formula is C14H21N3O2S. The highest BCUT2D eigenvalue weighted by atomic mass is 32.1. The van der Waals surface area contributed by atoms with Gasteiger partial charge in [-0.25, -0.2) is 0 Å². The number of likely N-dealkylation sites (N-methyl/N-ethyl adjacent to an activating group) is 1. The van der Waals surface area contributed by atoms with Gasteiger partial charge in [0.05, 0.1) is 11.4 Å². The number of nitrogens with one attached hydrogen (secondary N) is 1. The molecule has 1 aromatic heterocycles. The Morgan fingerprint density at radius 3 is 2.55 bits per heavy atom. The Kier molecular flexibility index (Phi) is 5.14. The summed E-state index contributed by atoms with van der Waals surface area (Å²) < 4.78 is 0. The van der Waals surface area contributed by atoms with Crippen LogP contribution in [0.5, 0.6) is 0 Å². The molecule has 0 aromatic carbocycles. The van der Waals surface area contributed by atoms with Crippen molar-refractivity contribution in [3.8, 4) is 0 Å². The molecule has 2 amide bonds. The van der Waals surface area contributed by atoms with Crippen LogP contribution in [0.3, 0.4) is 0 Å². The van der Waals surface area contributed by atoms with E-state index in [9.17, 15) is 9.59 Å². The van der Waals surface area contributed by atoms with E-state index in [2.05, 4.69) is 10.2 Å². The molecule has 0 bridgehead atoms. The van der Waals surface area contributed by atoms with Crippen molar-refractivity contribution in [1.82, 2.24) is 15.1 Å². The lowest BCUT2D eigenvalue weighted by Crippen LogP contribution is -2.51. The summed E-state index contributed by atoms with van der Waals surface area (Å²) in [6, 6.07) is 1.98. The van der Waals surface area contributed by atoms with Crippen molar-refractivity contribution in [2.75, 3.05) is 39.3 Å². The highest BCUT2D eigenvalue weighted by molar-refractivity contribution is 7.12. The largest absolute Gasteiger partial charge is 0.355 e. The van der Waals surface area contributed by atoms with Gasteiger partial charge in [0.25, 0.3) is 5.91 Å². The van der Waals surface area contributed by atoms with Crippen molar-refractivity contribution in [3.63, 3.8) is 0 Å². The Bertz CT molecular complexity index is 479. The molecule has 0 radical (unpaired) electrons. The molecular weight excluding hydrogens is 274 g/mol. The number of aryl methyl sites for hydroxylation is 1. The molecule has 0 unspecified atom stereocenters. The lowest BCUT2D eigenvalue weighted by atomic mass is 10.2. The summed E-state index contributed by atoms with van der Waals surface area (Å²) in [6.45, 7) is 7.86. The number of piperazine rings is 1. The summed E-state index contributed by atoms with van der Waals surface area (Å²) >= 11 is 1.50. The number of amides is 2. The van der Waals surface area contributed by atoms with E-state index in [1.807, 2.05) is 30.2 Å². The fraction of sp³-hybridized carbons (Fsp3) is 0.571. The fourth-order valence-electron chi connectivity index (χ4n) is 2.30. The Balaban J connectivity index is 1.84. The predicted octanol–water partition coefficient (Wildman–Crippen LogP) is 0.950. The Morgan fingerprint density at radius 1 is 1.30 bits per heavy atom. The van der Waals surface area contributed by atoms with E-state index < -0.39 is 0 Å². The van der Waals surface area contributed by atoms with Crippen molar-refractivity contribution in [3.05, 3.63) is 21.9 Å². The highest BCUT2D eigenvalue weighted by Crippen LogP contribution is 2.18. The third-order valence-electron chi connectivity index (χ3n) is 3.46.